The highest BCUT2D eigenvalue weighted by Gasteiger charge is 2.06. The van der Waals surface area contributed by atoms with Gasteiger partial charge in [0.25, 0.3) is 5.91 Å². The maximum absolute atomic E-state index is 12.1. The van der Waals surface area contributed by atoms with E-state index in [0.29, 0.717) is 6.54 Å². The minimum Gasteiger partial charge on any atom is -0.352 e. The number of nitrogens with one attached hydrogen (secondary N) is 1. The number of nitrogens with zero attached hydrogens (tertiary/aromatic N) is 1. The number of carbonyl (C=O) groups excluding carboxylic acids is 1. The Kier molecular flexibility index (Phi) is 4.47. The molecule has 1 N–H and O–H groups in total. The first-order chi connectivity index (χ1) is 11.1. The van der Waals surface area contributed by atoms with Crippen molar-refractivity contribution in [3.8, 4) is 0 Å². The van der Waals surface area contributed by atoms with Gasteiger partial charge in [-0.25, -0.2) is 0 Å². The number of para-hydroxylation sites is 1. The number of amides is 1. The van der Waals surface area contributed by atoms with Crippen molar-refractivity contribution in [3.63, 3.8) is 0 Å². The van der Waals surface area contributed by atoms with Gasteiger partial charge in [0.1, 0.15) is 0 Å². The van der Waals surface area contributed by atoms with Crippen LogP contribution in [-0.2, 0) is 6.54 Å². The number of carbonyl (C=O) groups is 1. The highest BCUT2D eigenvalue weighted by atomic mass is 16.1. The molecule has 1 heterocycles. The highest BCUT2D eigenvalue weighted by Crippen LogP contribution is 2.19. The third-order valence-corrected chi connectivity index (χ3v) is 4.14. The first kappa shape index (κ1) is 15.3. The Labute approximate surface area is 136 Å². The van der Waals surface area contributed by atoms with E-state index in [0.717, 1.165) is 24.1 Å². The van der Waals surface area contributed by atoms with Gasteiger partial charge in [0.2, 0.25) is 0 Å². The maximum Gasteiger partial charge on any atom is 0.251 e. The van der Waals surface area contributed by atoms with Crippen molar-refractivity contribution >= 4 is 16.8 Å². The minimum absolute atomic E-state index is 0.00258. The lowest BCUT2D eigenvalue weighted by Crippen LogP contribution is -2.25. The van der Waals surface area contributed by atoms with E-state index in [2.05, 4.69) is 47.1 Å². The summed E-state index contributed by atoms with van der Waals surface area (Å²) in [5.74, 6) is 0.00258. The van der Waals surface area contributed by atoms with Gasteiger partial charge in [0, 0.05) is 29.9 Å². The molecule has 3 heteroatoms. The Morgan fingerprint density at radius 3 is 2.70 bits per heavy atom. The third-order valence-electron chi connectivity index (χ3n) is 4.14. The number of hydrogen-bond donors (Lipinski definition) is 1. The minimum atomic E-state index is 0.00258. The Hall–Kier alpha value is -2.55. The van der Waals surface area contributed by atoms with Crippen LogP contribution in [0.2, 0.25) is 0 Å². The number of aromatic nitrogens is 1. The molecule has 118 valence electrons. The van der Waals surface area contributed by atoms with E-state index in [1.54, 1.807) is 0 Å². The predicted molar refractivity (Wildman–Crippen MR) is 94.8 cm³/mol. The second-order valence-electron chi connectivity index (χ2n) is 5.98. The van der Waals surface area contributed by atoms with E-state index in [1.807, 2.05) is 31.2 Å². The van der Waals surface area contributed by atoms with Gasteiger partial charge in [-0.05, 0) is 49.9 Å². The molecular formula is C20H22N2O. The molecule has 23 heavy (non-hydrogen) atoms. The lowest BCUT2D eigenvalue weighted by Gasteiger charge is -2.09. The largest absolute Gasteiger partial charge is 0.352 e. The molecule has 0 aliphatic carbocycles. The topological polar surface area (TPSA) is 34.0 Å². The smallest absolute Gasteiger partial charge is 0.251 e. The highest BCUT2D eigenvalue weighted by molar-refractivity contribution is 5.94. The van der Waals surface area contributed by atoms with Crippen molar-refractivity contribution in [1.82, 2.24) is 9.88 Å². The summed E-state index contributed by atoms with van der Waals surface area (Å²) in [5.41, 5.74) is 4.35. The molecule has 3 aromatic rings. The Balaban J connectivity index is 1.57. The number of rotatable bonds is 5. The van der Waals surface area contributed by atoms with Gasteiger partial charge < -0.3 is 9.88 Å². The first-order valence-corrected chi connectivity index (χ1v) is 8.05. The standard InChI is InChI=1S/C20H22N2O/c1-15-7-5-9-18(13-15)20(23)21-11-6-12-22-16(2)14-17-8-3-4-10-19(17)22/h3-5,7-10,13-14H,6,11-12H2,1-2H3,(H,21,23). The molecule has 0 spiro atoms. The van der Waals surface area contributed by atoms with E-state index in [-0.39, 0.29) is 5.91 Å². The molecule has 0 radical (unpaired) electrons. The van der Waals surface area contributed by atoms with E-state index >= 15 is 0 Å². The van der Waals surface area contributed by atoms with E-state index in [9.17, 15) is 4.79 Å². The predicted octanol–water partition coefficient (Wildman–Crippen LogP) is 4.08. The Bertz CT molecular complexity index is 833. The van der Waals surface area contributed by atoms with Gasteiger partial charge in [-0.15, -0.1) is 0 Å². The second kappa shape index (κ2) is 6.69. The number of aryl methyl sites for hydroxylation is 3. The molecule has 0 aliphatic heterocycles. The van der Waals surface area contributed by atoms with Gasteiger partial charge in [0.05, 0.1) is 0 Å². The molecule has 1 amide bonds. The molecule has 0 aliphatic rings. The van der Waals surface area contributed by atoms with E-state index < -0.39 is 0 Å². The second-order valence-corrected chi connectivity index (χ2v) is 5.98. The van der Waals surface area contributed by atoms with Crippen LogP contribution in [0.1, 0.15) is 28.0 Å². The van der Waals surface area contributed by atoms with Crippen LogP contribution >= 0.6 is 0 Å². The summed E-state index contributed by atoms with van der Waals surface area (Å²) in [5, 5.41) is 4.28. The van der Waals surface area contributed by atoms with Gasteiger partial charge in [-0.2, -0.15) is 0 Å². The van der Waals surface area contributed by atoms with Crippen molar-refractivity contribution in [2.24, 2.45) is 0 Å². The van der Waals surface area contributed by atoms with Crippen molar-refractivity contribution in [3.05, 3.63) is 71.4 Å². The molecule has 0 bridgehead atoms. The molecule has 0 saturated heterocycles. The lowest BCUT2D eigenvalue weighted by atomic mass is 10.1. The average Bonchev–Trinajstić information content (AvgIpc) is 2.87. The molecular weight excluding hydrogens is 284 g/mol. The van der Waals surface area contributed by atoms with Crippen LogP contribution in [0.15, 0.2) is 54.6 Å². The lowest BCUT2D eigenvalue weighted by molar-refractivity contribution is 0.0952. The molecule has 0 unspecified atom stereocenters. The fraction of sp³-hybridized carbons (Fsp3) is 0.250. The quantitative estimate of drug-likeness (QED) is 0.708. The number of benzene rings is 2. The van der Waals surface area contributed by atoms with E-state index in [4.69, 9.17) is 0 Å². The van der Waals surface area contributed by atoms with Gasteiger partial charge in [-0.3, -0.25) is 4.79 Å². The monoisotopic (exact) mass is 306 g/mol. The number of fused-ring (bicyclic) bond motifs is 1. The van der Waals surface area contributed by atoms with Crippen molar-refractivity contribution < 1.29 is 4.79 Å². The summed E-state index contributed by atoms with van der Waals surface area (Å²) in [6.07, 6.45) is 0.914. The molecule has 0 fully saturated rings. The van der Waals surface area contributed by atoms with Gasteiger partial charge in [0.15, 0.2) is 0 Å². The summed E-state index contributed by atoms with van der Waals surface area (Å²) in [6, 6.07) is 18.3. The van der Waals surface area contributed by atoms with Crippen molar-refractivity contribution in [2.45, 2.75) is 26.8 Å². The van der Waals surface area contributed by atoms with E-state index in [1.165, 1.54) is 16.6 Å². The van der Waals surface area contributed by atoms with Crippen LogP contribution in [0.4, 0.5) is 0 Å². The summed E-state index contributed by atoms with van der Waals surface area (Å²) in [4.78, 5) is 12.1. The van der Waals surface area contributed by atoms with Crippen LogP contribution < -0.4 is 5.32 Å². The van der Waals surface area contributed by atoms with Crippen molar-refractivity contribution in [1.29, 1.82) is 0 Å². The fourth-order valence-corrected chi connectivity index (χ4v) is 2.97. The Morgan fingerprint density at radius 1 is 1.04 bits per heavy atom. The fourth-order valence-electron chi connectivity index (χ4n) is 2.97. The van der Waals surface area contributed by atoms with Crippen molar-refractivity contribution in [2.75, 3.05) is 6.54 Å². The maximum atomic E-state index is 12.1. The molecule has 2 aromatic carbocycles. The molecule has 1 aromatic heterocycles. The van der Waals surface area contributed by atoms with Gasteiger partial charge in [-0.1, -0.05) is 35.9 Å². The third kappa shape index (κ3) is 3.45. The van der Waals surface area contributed by atoms with Crippen LogP contribution in [0.25, 0.3) is 10.9 Å². The summed E-state index contributed by atoms with van der Waals surface area (Å²) in [7, 11) is 0. The summed E-state index contributed by atoms with van der Waals surface area (Å²) in [6.45, 7) is 5.72. The zero-order chi connectivity index (χ0) is 16.2. The molecule has 3 nitrogen and oxygen atoms in total. The van der Waals surface area contributed by atoms with Crippen LogP contribution in [0.5, 0.6) is 0 Å². The zero-order valence-electron chi connectivity index (χ0n) is 13.7. The summed E-state index contributed by atoms with van der Waals surface area (Å²) < 4.78 is 2.31. The normalized spacial score (nSPS) is 10.9. The SMILES string of the molecule is Cc1cccc(C(=O)NCCCn2c(C)cc3ccccc32)c1. The Morgan fingerprint density at radius 2 is 1.87 bits per heavy atom. The first-order valence-electron chi connectivity index (χ1n) is 8.05. The average molecular weight is 306 g/mol. The molecule has 0 saturated carbocycles. The number of hydrogen-bond acceptors (Lipinski definition) is 1. The summed E-state index contributed by atoms with van der Waals surface area (Å²) >= 11 is 0. The zero-order valence-corrected chi connectivity index (χ0v) is 13.7. The van der Waals surface area contributed by atoms with Crippen LogP contribution in [0.3, 0.4) is 0 Å². The van der Waals surface area contributed by atoms with Gasteiger partial charge >= 0.3 is 0 Å². The molecule has 0 atom stereocenters. The molecule has 3 rings (SSSR count). The van der Waals surface area contributed by atoms with Crippen LogP contribution in [-0.4, -0.2) is 17.0 Å². The van der Waals surface area contributed by atoms with Crippen LogP contribution in [0, 0.1) is 13.8 Å².